The Balaban J connectivity index is 1.83. The Labute approximate surface area is 110 Å². The molecule has 4 nitrogen and oxygen atoms in total. The van der Waals surface area contributed by atoms with Crippen molar-refractivity contribution in [1.29, 1.82) is 0 Å². The summed E-state index contributed by atoms with van der Waals surface area (Å²) in [7, 11) is 0. The van der Waals surface area contributed by atoms with Crippen molar-refractivity contribution in [2.24, 2.45) is 11.3 Å². The molecular weight excluding hydrogens is 228 g/mol. The third kappa shape index (κ3) is 3.04. The van der Waals surface area contributed by atoms with Crippen LogP contribution in [0.4, 0.5) is 0 Å². The third-order valence-electron chi connectivity index (χ3n) is 4.44. The Hall–Kier alpha value is -0.610. The van der Waals surface area contributed by atoms with Crippen molar-refractivity contribution in [3.05, 3.63) is 0 Å². The minimum atomic E-state index is -0.185. The fraction of sp³-hybridized carbons (Fsp3) is 0.929. The van der Waals surface area contributed by atoms with Gasteiger partial charge < -0.3 is 15.7 Å². The zero-order valence-corrected chi connectivity index (χ0v) is 11.4. The van der Waals surface area contributed by atoms with Crippen LogP contribution in [0.1, 0.15) is 45.4 Å². The summed E-state index contributed by atoms with van der Waals surface area (Å²) in [6.07, 6.45) is 5.69. The van der Waals surface area contributed by atoms with E-state index < -0.39 is 0 Å². The summed E-state index contributed by atoms with van der Waals surface area (Å²) in [4.78, 5) is 12.4. The Bertz CT molecular complexity index is 276. The van der Waals surface area contributed by atoms with E-state index in [-0.39, 0.29) is 17.4 Å². The SMILES string of the molecule is CCCC1(C(=O)NCC2CC(O)C2)CCCNC1. The van der Waals surface area contributed by atoms with Crippen LogP contribution >= 0.6 is 0 Å². The lowest BCUT2D eigenvalue weighted by Gasteiger charge is -2.38. The van der Waals surface area contributed by atoms with Crippen LogP contribution in [-0.4, -0.2) is 36.8 Å². The van der Waals surface area contributed by atoms with Gasteiger partial charge in [-0.25, -0.2) is 0 Å². The first kappa shape index (κ1) is 13.8. The molecule has 2 aliphatic rings. The zero-order valence-electron chi connectivity index (χ0n) is 11.4. The molecule has 2 rings (SSSR count). The first-order chi connectivity index (χ1) is 8.66. The van der Waals surface area contributed by atoms with Crippen molar-refractivity contribution in [2.45, 2.75) is 51.6 Å². The number of carbonyl (C=O) groups is 1. The Kier molecular flexibility index (Phi) is 4.62. The number of hydrogen-bond acceptors (Lipinski definition) is 3. The maximum absolute atomic E-state index is 12.4. The molecule has 2 fully saturated rings. The van der Waals surface area contributed by atoms with Crippen LogP contribution in [0.5, 0.6) is 0 Å². The monoisotopic (exact) mass is 254 g/mol. The molecule has 1 saturated carbocycles. The molecule has 1 atom stereocenters. The molecule has 0 bridgehead atoms. The van der Waals surface area contributed by atoms with Gasteiger partial charge in [0, 0.05) is 13.1 Å². The molecule has 1 unspecified atom stereocenters. The Morgan fingerprint density at radius 1 is 1.50 bits per heavy atom. The van der Waals surface area contributed by atoms with Gasteiger partial charge in [-0.05, 0) is 44.6 Å². The van der Waals surface area contributed by atoms with E-state index >= 15 is 0 Å². The second kappa shape index (κ2) is 6.02. The predicted molar refractivity (Wildman–Crippen MR) is 71.2 cm³/mol. The largest absolute Gasteiger partial charge is 0.393 e. The van der Waals surface area contributed by atoms with Gasteiger partial charge in [0.2, 0.25) is 5.91 Å². The second-order valence-electron chi connectivity index (χ2n) is 6.01. The maximum Gasteiger partial charge on any atom is 0.227 e. The van der Waals surface area contributed by atoms with E-state index in [0.717, 1.165) is 58.2 Å². The van der Waals surface area contributed by atoms with Crippen LogP contribution in [-0.2, 0) is 4.79 Å². The van der Waals surface area contributed by atoms with Gasteiger partial charge in [0.25, 0.3) is 0 Å². The van der Waals surface area contributed by atoms with E-state index in [1.807, 2.05) is 0 Å². The number of aliphatic hydroxyl groups excluding tert-OH is 1. The number of nitrogens with one attached hydrogen (secondary N) is 2. The van der Waals surface area contributed by atoms with E-state index in [4.69, 9.17) is 0 Å². The molecule has 0 aromatic carbocycles. The highest BCUT2D eigenvalue weighted by molar-refractivity contribution is 5.83. The predicted octanol–water partition coefficient (Wildman–Crippen LogP) is 1.04. The maximum atomic E-state index is 12.4. The van der Waals surface area contributed by atoms with Crippen LogP contribution < -0.4 is 10.6 Å². The number of amides is 1. The highest BCUT2D eigenvalue weighted by Gasteiger charge is 2.39. The molecule has 0 spiro atoms. The summed E-state index contributed by atoms with van der Waals surface area (Å²) in [6.45, 7) is 4.74. The van der Waals surface area contributed by atoms with Crippen LogP contribution in [0.2, 0.25) is 0 Å². The van der Waals surface area contributed by atoms with Gasteiger partial charge in [-0.3, -0.25) is 4.79 Å². The number of rotatable bonds is 5. The summed E-state index contributed by atoms with van der Waals surface area (Å²) in [5, 5.41) is 15.7. The fourth-order valence-corrected chi connectivity index (χ4v) is 3.26. The molecule has 4 heteroatoms. The van der Waals surface area contributed by atoms with E-state index in [9.17, 15) is 9.90 Å². The number of aliphatic hydroxyl groups is 1. The van der Waals surface area contributed by atoms with Crippen LogP contribution in [0.15, 0.2) is 0 Å². The van der Waals surface area contributed by atoms with Crippen molar-refractivity contribution >= 4 is 5.91 Å². The highest BCUT2D eigenvalue weighted by Crippen LogP contribution is 2.32. The average Bonchev–Trinajstić information content (AvgIpc) is 2.34. The molecule has 0 aromatic heterocycles. The third-order valence-corrected chi connectivity index (χ3v) is 4.44. The van der Waals surface area contributed by atoms with Gasteiger partial charge in [-0.1, -0.05) is 13.3 Å². The summed E-state index contributed by atoms with van der Waals surface area (Å²) in [6, 6.07) is 0. The van der Waals surface area contributed by atoms with Gasteiger partial charge in [0.15, 0.2) is 0 Å². The van der Waals surface area contributed by atoms with Crippen molar-refractivity contribution < 1.29 is 9.90 Å². The summed E-state index contributed by atoms with van der Waals surface area (Å²) < 4.78 is 0. The molecule has 3 N–H and O–H groups in total. The normalized spacial score (nSPS) is 35.9. The molecule has 0 radical (unpaired) electrons. The lowest BCUT2D eigenvalue weighted by Crippen LogP contribution is -2.52. The molecule has 1 heterocycles. The van der Waals surface area contributed by atoms with Gasteiger partial charge >= 0.3 is 0 Å². The lowest BCUT2D eigenvalue weighted by molar-refractivity contribution is -0.133. The molecule has 0 aromatic rings. The average molecular weight is 254 g/mol. The number of hydrogen-bond donors (Lipinski definition) is 3. The van der Waals surface area contributed by atoms with Crippen molar-refractivity contribution in [3.8, 4) is 0 Å². The van der Waals surface area contributed by atoms with Crippen molar-refractivity contribution in [2.75, 3.05) is 19.6 Å². The zero-order chi connectivity index (χ0) is 13.0. The molecule has 1 saturated heterocycles. The van der Waals surface area contributed by atoms with Crippen LogP contribution in [0, 0.1) is 11.3 Å². The van der Waals surface area contributed by atoms with E-state index in [0.29, 0.717) is 5.92 Å². The molecular formula is C14H26N2O2. The first-order valence-corrected chi connectivity index (χ1v) is 7.33. The van der Waals surface area contributed by atoms with Gasteiger partial charge in [-0.2, -0.15) is 0 Å². The molecule has 1 amide bonds. The molecule has 104 valence electrons. The standard InChI is InChI=1S/C14H26N2O2/c1-2-4-14(5-3-6-15-10-14)13(18)16-9-11-7-12(17)8-11/h11-12,15,17H,2-10H2,1H3,(H,16,18). The minimum absolute atomic E-state index is 0.132. The fourth-order valence-electron chi connectivity index (χ4n) is 3.26. The minimum Gasteiger partial charge on any atom is -0.393 e. The van der Waals surface area contributed by atoms with Gasteiger partial charge in [0.1, 0.15) is 0 Å². The van der Waals surface area contributed by atoms with E-state index in [2.05, 4.69) is 17.6 Å². The summed E-state index contributed by atoms with van der Waals surface area (Å²) in [5.74, 6) is 0.706. The second-order valence-corrected chi connectivity index (χ2v) is 6.01. The molecule has 18 heavy (non-hydrogen) atoms. The topological polar surface area (TPSA) is 61.4 Å². The number of carbonyl (C=O) groups excluding carboxylic acids is 1. The Morgan fingerprint density at radius 3 is 2.83 bits per heavy atom. The summed E-state index contributed by atoms with van der Waals surface area (Å²) >= 11 is 0. The van der Waals surface area contributed by atoms with E-state index in [1.165, 1.54) is 0 Å². The molecule has 1 aliphatic carbocycles. The van der Waals surface area contributed by atoms with Gasteiger partial charge in [0.05, 0.1) is 11.5 Å². The lowest BCUT2D eigenvalue weighted by atomic mass is 9.75. The Morgan fingerprint density at radius 2 is 2.28 bits per heavy atom. The van der Waals surface area contributed by atoms with Gasteiger partial charge in [-0.15, -0.1) is 0 Å². The summed E-state index contributed by atoms with van der Waals surface area (Å²) in [5.41, 5.74) is -0.185. The van der Waals surface area contributed by atoms with E-state index in [1.54, 1.807) is 0 Å². The van der Waals surface area contributed by atoms with Crippen molar-refractivity contribution in [3.63, 3.8) is 0 Å². The highest BCUT2D eigenvalue weighted by atomic mass is 16.3. The quantitative estimate of drug-likeness (QED) is 0.687. The molecule has 1 aliphatic heterocycles. The van der Waals surface area contributed by atoms with Crippen LogP contribution in [0.3, 0.4) is 0 Å². The smallest absolute Gasteiger partial charge is 0.227 e. The van der Waals surface area contributed by atoms with Crippen molar-refractivity contribution in [1.82, 2.24) is 10.6 Å². The number of piperidine rings is 1. The van der Waals surface area contributed by atoms with Crippen LogP contribution in [0.25, 0.3) is 0 Å². The first-order valence-electron chi connectivity index (χ1n) is 7.33.